The molecule has 0 bridgehead atoms. The summed E-state index contributed by atoms with van der Waals surface area (Å²) < 4.78 is 0. The van der Waals surface area contributed by atoms with Crippen LogP contribution >= 0.6 is 0 Å². The number of hydrogen-bond donors (Lipinski definition) is 2. The second-order valence-corrected chi connectivity index (χ2v) is 4.54. The van der Waals surface area contributed by atoms with Crippen molar-refractivity contribution >= 4 is 11.7 Å². The van der Waals surface area contributed by atoms with Gasteiger partial charge in [0, 0.05) is 19.3 Å². The first-order valence-electron chi connectivity index (χ1n) is 6.22. The summed E-state index contributed by atoms with van der Waals surface area (Å²) in [6.07, 6.45) is 4.32. The highest BCUT2D eigenvalue weighted by atomic mass is 16.1. The smallest absolute Gasteiger partial charge is 0.252 e. The minimum absolute atomic E-state index is 0.0709. The van der Waals surface area contributed by atoms with Gasteiger partial charge in [-0.2, -0.15) is 0 Å². The van der Waals surface area contributed by atoms with Gasteiger partial charge in [0.2, 0.25) is 0 Å². The third-order valence-electron chi connectivity index (χ3n) is 2.46. The van der Waals surface area contributed by atoms with E-state index in [1.165, 1.54) is 0 Å². The average Bonchev–Trinajstić information content (AvgIpc) is 2.36. The highest BCUT2D eigenvalue weighted by molar-refractivity contribution is 5.94. The molecular weight excluding hydrogens is 226 g/mol. The molecule has 0 saturated heterocycles. The van der Waals surface area contributed by atoms with Gasteiger partial charge in [0.15, 0.2) is 0 Å². The Labute approximate surface area is 109 Å². The largest absolute Gasteiger partial charge is 0.367 e. The van der Waals surface area contributed by atoms with Crippen molar-refractivity contribution in [3.63, 3.8) is 0 Å². The van der Waals surface area contributed by atoms with Crippen LogP contribution < -0.4 is 10.6 Å². The highest BCUT2D eigenvalue weighted by Crippen LogP contribution is 2.05. The molecule has 0 unspecified atom stereocenters. The first-order valence-corrected chi connectivity index (χ1v) is 6.22. The predicted octanol–water partition coefficient (Wildman–Crippen LogP) is 2.46. The molecule has 0 aliphatic rings. The van der Waals surface area contributed by atoms with E-state index >= 15 is 0 Å². The second kappa shape index (κ2) is 7.48. The number of hydrogen-bond acceptors (Lipinski definition) is 3. The molecule has 0 atom stereocenters. The fraction of sp³-hybridized carbons (Fsp3) is 0.429. The summed E-state index contributed by atoms with van der Waals surface area (Å²) >= 11 is 0. The van der Waals surface area contributed by atoms with Gasteiger partial charge < -0.3 is 10.6 Å². The molecule has 0 aliphatic heterocycles. The molecular formula is C14H21N3O. The Bertz CT molecular complexity index is 385. The van der Waals surface area contributed by atoms with Gasteiger partial charge in [-0.05, 0) is 24.5 Å². The standard InChI is InChI=1S/C14H21N3O/c1-4-8-15-13-6-5-12(10-17-13)14(18)16-9-7-11(2)3/h4-6,10-11H,1,7-9H2,2-3H3,(H,15,17)(H,16,18). The SMILES string of the molecule is C=CCNc1ccc(C(=O)NCCC(C)C)cn1. The minimum atomic E-state index is -0.0709. The lowest BCUT2D eigenvalue weighted by atomic mass is 10.1. The van der Waals surface area contributed by atoms with Crippen LogP contribution in [-0.4, -0.2) is 24.0 Å². The number of pyridine rings is 1. The lowest BCUT2D eigenvalue weighted by Gasteiger charge is -2.07. The van der Waals surface area contributed by atoms with Crippen molar-refractivity contribution in [3.05, 3.63) is 36.5 Å². The Balaban J connectivity index is 2.45. The highest BCUT2D eigenvalue weighted by Gasteiger charge is 2.05. The number of anilines is 1. The van der Waals surface area contributed by atoms with Crippen LogP contribution in [0.3, 0.4) is 0 Å². The van der Waals surface area contributed by atoms with Crippen LogP contribution in [0.15, 0.2) is 31.0 Å². The summed E-state index contributed by atoms with van der Waals surface area (Å²) in [5.74, 6) is 1.26. The van der Waals surface area contributed by atoms with Crippen molar-refractivity contribution in [2.24, 2.45) is 5.92 Å². The van der Waals surface area contributed by atoms with Crippen molar-refractivity contribution in [2.45, 2.75) is 20.3 Å². The van der Waals surface area contributed by atoms with E-state index in [4.69, 9.17) is 0 Å². The number of carbonyl (C=O) groups is 1. The van der Waals surface area contributed by atoms with Gasteiger partial charge in [0.1, 0.15) is 5.82 Å². The van der Waals surface area contributed by atoms with Gasteiger partial charge in [-0.25, -0.2) is 4.98 Å². The van der Waals surface area contributed by atoms with Crippen LogP contribution in [0.4, 0.5) is 5.82 Å². The van der Waals surface area contributed by atoms with Crippen LogP contribution in [0, 0.1) is 5.92 Å². The quantitative estimate of drug-likeness (QED) is 0.728. The van der Waals surface area contributed by atoms with E-state index in [0.29, 0.717) is 24.6 Å². The zero-order valence-electron chi connectivity index (χ0n) is 11.1. The molecule has 0 aromatic carbocycles. The molecule has 0 radical (unpaired) electrons. The molecule has 1 aromatic heterocycles. The number of rotatable bonds is 7. The van der Waals surface area contributed by atoms with E-state index < -0.39 is 0 Å². The minimum Gasteiger partial charge on any atom is -0.367 e. The molecule has 18 heavy (non-hydrogen) atoms. The van der Waals surface area contributed by atoms with Gasteiger partial charge in [0.25, 0.3) is 5.91 Å². The third kappa shape index (κ3) is 4.99. The Hall–Kier alpha value is -1.84. The van der Waals surface area contributed by atoms with Gasteiger partial charge in [0.05, 0.1) is 5.56 Å². The van der Waals surface area contributed by atoms with Gasteiger partial charge >= 0.3 is 0 Å². The fourth-order valence-corrected chi connectivity index (χ4v) is 1.39. The molecule has 1 heterocycles. The van der Waals surface area contributed by atoms with Gasteiger partial charge in [-0.3, -0.25) is 4.79 Å². The van der Waals surface area contributed by atoms with Crippen molar-refractivity contribution in [1.29, 1.82) is 0 Å². The first-order chi connectivity index (χ1) is 8.63. The molecule has 1 aromatic rings. The Morgan fingerprint density at radius 2 is 2.28 bits per heavy atom. The predicted molar refractivity (Wildman–Crippen MR) is 74.7 cm³/mol. The summed E-state index contributed by atoms with van der Waals surface area (Å²) in [7, 11) is 0. The van der Waals surface area contributed by atoms with E-state index in [-0.39, 0.29) is 5.91 Å². The van der Waals surface area contributed by atoms with Crippen LogP contribution in [0.5, 0.6) is 0 Å². The topological polar surface area (TPSA) is 54.0 Å². The number of carbonyl (C=O) groups excluding carboxylic acids is 1. The van der Waals surface area contributed by atoms with E-state index in [9.17, 15) is 4.79 Å². The van der Waals surface area contributed by atoms with Crippen molar-refractivity contribution in [1.82, 2.24) is 10.3 Å². The lowest BCUT2D eigenvalue weighted by Crippen LogP contribution is -2.25. The number of aromatic nitrogens is 1. The lowest BCUT2D eigenvalue weighted by molar-refractivity contribution is 0.0951. The maximum absolute atomic E-state index is 11.8. The maximum Gasteiger partial charge on any atom is 0.252 e. The maximum atomic E-state index is 11.8. The third-order valence-corrected chi connectivity index (χ3v) is 2.46. The summed E-state index contributed by atoms with van der Waals surface area (Å²) in [4.78, 5) is 15.9. The summed E-state index contributed by atoms with van der Waals surface area (Å²) in [6.45, 7) is 9.24. The van der Waals surface area contributed by atoms with Gasteiger partial charge in [-0.15, -0.1) is 6.58 Å². The monoisotopic (exact) mass is 247 g/mol. The number of nitrogens with one attached hydrogen (secondary N) is 2. The van der Waals surface area contributed by atoms with E-state index in [1.807, 2.05) is 0 Å². The molecule has 0 spiro atoms. The molecule has 1 rings (SSSR count). The summed E-state index contributed by atoms with van der Waals surface area (Å²) in [5.41, 5.74) is 0.586. The zero-order valence-corrected chi connectivity index (χ0v) is 11.1. The van der Waals surface area contributed by atoms with Crippen molar-refractivity contribution in [2.75, 3.05) is 18.4 Å². The Morgan fingerprint density at radius 1 is 1.50 bits per heavy atom. The zero-order chi connectivity index (χ0) is 13.4. The van der Waals surface area contributed by atoms with Crippen LogP contribution in [0.25, 0.3) is 0 Å². The average molecular weight is 247 g/mol. The molecule has 98 valence electrons. The van der Waals surface area contributed by atoms with Crippen molar-refractivity contribution in [3.8, 4) is 0 Å². The van der Waals surface area contributed by atoms with Crippen LogP contribution in [-0.2, 0) is 0 Å². The van der Waals surface area contributed by atoms with Crippen LogP contribution in [0.1, 0.15) is 30.6 Å². The fourth-order valence-electron chi connectivity index (χ4n) is 1.39. The Kier molecular flexibility index (Phi) is 5.91. The molecule has 1 amide bonds. The molecule has 0 aliphatic carbocycles. The van der Waals surface area contributed by atoms with E-state index in [0.717, 1.165) is 12.2 Å². The normalized spacial score (nSPS) is 10.2. The molecule has 0 fully saturated rings. The van der Waals surface area contributed by atoms with E-state index in [1.54, 1.807) is 24.4 Å². The summed E-state index contributed by atoms with van der Waals surface area (Å²) in [6, 6.07) is 3.56. The van der Waals surface area contributed by atoms with Gasteiger partial charge in [-0.1, -0.05) is 19.9 Å². The van der Waals surface area contributed by atoms with Crippen LogP contribution in [0.2, 0.25) is 0 Å². The second-order valence-electron chi connectivity index (χ2n) is 4.54. The first kappa shape index (κ1) is 14.2. The Morgan fingerprint density at radius 3 is 2.83 bits per heavy atom. The number of amides is 1. The summed E-state index contributed by atoms with van der Waals surface area (Å²) in [5, 5.41) is 5.94. The molecule has 0 saturated carbocycles. The molecule has 2 N–H and O–H groups in total. The number of nitrogens with zero attached hydrogens (tertiary/aromatic N) is 1. The molecule has 4 nitrogen and oxygen atoms in total. The molecule has 4 heteroatoms. The van der Waals surface area contributed by atoms with Crippen molar-refractivity contribution < 1.29 is 4.79 Å². The van der Waals surface area contributed by atoms with E-state index in [2.05, 4.69) is 36.0 Å².